The van der Waals surface area contributed by atoms with Crippen molar-refractivity contribution in [3.63, 3.8) is 0 Å². The first-order valence-corrected chi connectivity index (χ1v) is 6.38. The first-order chi connectivity index (χ1) is 9.06. The lowest BCUT2D eigenvalue weighted by atomic mass is 10.0. The number of aromatic nitrogens is 2. The zero-order valence-corrected chi connectivity index (χ0v) is 11.4. The second-order valence-electron chi connectivity index (χ2n) is 5.04. The maximum Gasteiger partial charge on any atom is 0.110 e. The van der Waals surface area contributed by atoms with Gasteiger partial charge in [-0.3, -0.25) is 0 Å². The molecule has 3 rings (SSSR count). The summed E-state index contributed by atoms with van der Waals surface area (Å²) in [5, 5.41) is 0. The third-order valence-electron chi connectivity index (χ3n) is 3.47. The Balaban J connectivity index is 2.31. The lowest BCUT2D eigenvalue weighted by Gasteiger charge is -2.05. The molecule has 0 aliphatic heterocycles. The van der Waals surface area contributed by atoms with Gasteiger partial charge < -0.3 is 10.1 Å². The van der Waals surface area contributed by atoms with E-state index >= 15 is 0 Å². The molecule has 96 valence electrons. The fraction of sp³-hybridized carbons (Fsp3) is 0.188. The monoisotopic (exact) mass is 251 g/mol. The SMILES string of the molecule is Cc1ccc(-c2nc(C)n3cc(N)ccc23)c(C)c1. The van der Waals surface area contributed by atoms with Crippen LogP contribution in [0, 0.1) is 20.8 Å². The summed E-state index contributed by atoms with van der Waals surface area (Å²) in [6.45, 7) is 6.23. The van der Waals surface area contributed by atoms with Gasteiger partial charge in [-0.2, -0.15) is 0 Å². The molecule has 0 saturated carbocycles. The predicted molar refractivity (Wildman–Crippen MR) is 79.3 cm³/mol. The van der Waals surface area contributed by atoms with E-state index in [4.69, 9.17) is 10.7 Å². The fourth-order valence-corrected chi connectivity index (χ4v) is 2.53. The minimum atomic E-state index is 0.750. The average Bonchev–Trinajstić information content (AvgIpc) is 2.66. The van der Waals surface area contributed by atoms with Crippen LogP contribution in [0.5, 0.6) is 0 Å². The number of anilines is 1. The molecule has 0 radical (unpaired) electrons. The van der Waals surface area contributed by atoms with Crippen molar-refractivity contribution in [1.29, 1.82) is 0 Å². The number of nitrogens with zero attached hydrogens (tertiary/aromatic N) is 2. The van der Waals surface area contributed by atoms with Crippen molar-refractivity contribution in [2.75, 3.05) is 5.73 Å². The van der Waals surface area contributed by atoms with E-state index in [0.29, 0.717) is 0 Å². The molecule has 19 heavy (non-hydrogen) atoms. The highest BCUT2D eigenvalue weighted by molar-refractivity contribution is 5.80. The largest absolute Gasteiger partial charge is 0.398 e. The topological polar surface area (TPSA) is 43.3 Å². The molecule has 1 aromatic carbocycles. The Morgan fingerprint density at radius 2 is 1.84 bits per heavy atom. The number of rotatable bonds is 1. The lowest BCUT2D eigenvalue weighted by molar-refractivity contribution is 1.05. The molecule has 0 unspecified atom stereocenters. The van der Waals surface area contributed by atoms with Crippen molar-refractivity contribution < 1.29 is 0 Å². The predicted octanol–water partition coefficient (Wildman–Crippen LogP) is 3.51. The van der Waals surface area contributed by atoms with Crippen molar-refractivity contribution in [2.45, 2.75) is 20.8 Å². The van der Waals surface area contributed by atoms with Crippen molar-refractivity contribution in [3.05, 3.63) is 53.5 Å². The molecular weight excluding hydrogens is 234 g/mol. The minimum absolute atomic E-state index is 0.750. The number of nitrogen functional groups attached to an aromatic ring is 1. The number of nitrogens with two attached hydrogens (primary N) is 1. The zero-order valence-electron chi connectivity index (χ0n) is 11.4. The summed E-state index contributed by atoms with van der Waals surface area (Å²) in [5.41, 5.74) is 12.4. The summed E-state index contributed by atoms with van der Waals surface area (Å²) in [6.07, 6.45) is 1.92. The number of hydrogen-bond donors (Lipinski definition) is 1. The molecule has 0 amide bonds. The van der Waals surface area contributed by atoms with Crippen molar-refractivity contribution >= 4 is 11.2 Å². The molecule has 0 saturated heterocycles. The van der Waals surface area contributed by atoms with Gasteiger partial charge in [0.05, 0.1) is 11.2 Å². The van der Waals surface area contributed by atoms with Crippen LogP contribution in [-0.2, 0) is 0 Å². The number of pyridine rings is 1. The van der Waals surface area contributed by atoms with Gasteiger partial charge in [0.2, 0.25) is 0 Å². The molecule has 0 bridgehead atoms. The Kier molecular flexibility index (Phi) is 2.56. The van der Waals surface area contributed by atoms with Crippen LogP contribution < -0.4 is 5.73 Å². The fourth-order valence-electron chi connectivity index (χ4n) is 2.53. The van der Waals surface area contributed by atoms with Crippen LogP contribution in [0.3, 0.4) is 0 Å². The summed E-state index contributed by atoms with van der Waals surface area (Å²) in [7, 11) is 0. The average molecular weight is 251 g/mol. The van der Waals surface area contributed by atoms with E-state index < -0.39 is 0 Å². The van der Waals surface area contributed by atoms with E-state index in [-0.39, 0.29) is 0 Å². The Bertz CT molecular complexity index is 769. The molecule has 0 aliphatic carbocycles. The summed E-state index contributed by atoms with van der Waals surface area (Å²) in [4.78, 5) is 4.70. The normalized spacial score (nSPS) is 11.1. The Hall–Kier alpha value is -2.29. The molecule has 0 aliphatic rings. The highest BCUT2D eigenvalue weighted by Crippen LogP contribution is 2.28. The second kappa shape index (κ2) is 4.12. The molecule has 0 spiro atoms. The highest BCUT2D eigenvalue weighted by Gasteiger charge is 2.12. The Morgan fingerprint density at radius 3 is 2.58 bits per heavy atom. The quantitative estimate of drug-likeness (QED) is 0.719. The van der Waals surface area contributed by atoms with Crippen LogP contribution in [0.25, 0.3) is 16.8 Å². The van der Waals surface area contributed by atoms with Crippen LogP contribution in [-0.4, -0.2) is 9.38 Å². The molecular formula is C16H17N3. The van der Waals surface area contributed by atoms with Crippen LogP contribution in [0.15, 0.2) is 36.5 Å². The number of aryl methyl sites for hydroxylation is 3. The van der Waals surface area contributed by atoms with Gasteiger partial charge in [-0.1, -0.05) is 23.8 Å². The van der Waals surface area contributed by atoms with Gasteiger partial charge in [0, 0.05) is 17.4 Å². The highest BCUT2D eigenvalue weighted by atomic mass is 15.0. The molecule has 3 heteroatoms. The van der Waals surface area contributed by atoms with Crippen molar-refractivity contribution in [2.24, 2.45) is 0 Å². The van der Waals surface area contributed by atoms with Crippen LogP contribution in [0.2, 0.25) is 0 Å². The molecule has 0 fully saturated rings. The third kappa shape index (κ3) is 1.87. The summed E-state index contributed by atoms with van der Waals surface area (Å²) >= 11 is 0. The smallest absolute Gasteiger partial charge is 0.110 e. The maximum atomic E-state index is 5.84. The van der Waals surface area contributed by atoms with Gasteiger partial charge in [-0.05, 0) is 38.5 Å². The first-order valence-electron chi connectivity index (χ1n) is 6.38. The van der Waals surface area contributed by atoms with Gasteiger partial charge in [-0.25, -0.2) is 4.98 Å². The third-order valence-corrected chi connectivity index (χ3v) is 3.47. The molecule has 2 aromatic heterocycles. The summed E-state index contributed by atoms with van der Waals surface area (Å²) in [5.74, 6) is 0.956. The Labute approximate surface area is 112 Å². The summed E-state index contributed by atoms with van der Waals surface area (Å²) < 4.78 is 2.05. The van der Waals surface area contributed by atoms with Gasteiger partial charge in [-0.15, -0.1) is 0 Å². The van der Waals surface area contributed by atoms with Gasteiger partial charge in [0.1, 0.15) is 5.82 Å². The van der Waals surface area contributed by atoms with E-state index in [1.165, 1.54) is 16.7 Å². The molecule has 2 N–H and O–H groups in total. The zero-order chi connectivity index (χ0) is 13.6. The molecule has 3 nitrogen and oxygen atoms in total. The number of fused-ring (bicyclic) bond motifs is 1. The standard InChI is InChI=1S/C16H17N3/c1-10-4-6-14(11(2)8-10)16-15-7-5-13(17)9-19(15)12(3)18-16/h4-9H,17H2,1-3H3. The first kappa shape index (κ1) is 11.8. The van der Waals surface area contributed by atoms with E-state index in [1.807, 2.05) is 29.7 Å². The van der Waals surface area contributed by atoms with Crippen molar-refractivity contribution in [3.8, 4) is 11.3 Å². The number of benzene rings is 1. The van der Waals surface area contributed by atoms with E-state index in [1.54, 1.807) is 0 Å². The van der Waals surface area contributed by atoms with E-state index in [0.717, 1.165) is 22.7 Å². The Morgan fingerprint density at radius 1 is 1.05 bits per heavy atom. The lowest BCUT2D eigenvalue weighted by Crippen LogP contribution is -1.91. The number of hydrogen-bond acceptors (Lipinski definition) is 2. The van der Waals surface area contributed by atoms with Crippen LogP contribution in [0.1, 0.15) is 17.0 Å². The molecule has 2 heterocycles. The van der Waals surface area contributed by atoms with Crippen molar-refractivity contribution in [1.82, 2.24) is 9.38 Å². The van der Waals surface area contributed by atoms with E-state index in [2.05, 4.69) is 32.0 Å². The van der Waals surface area contributed by atoms with Crippen LogP contribution in [0.4, 0.5) is 5.69 Å². The van der Waals surface area contributed by atoms with Gasteiger partial charge >= 0.3 is 0 Å². The number of imidazole rings is 1. The van der Waals surface area contributed by atoms with E-state index in [9.17, 15) is 0 Å². The maximum absolute atomic E-state index is 5.84. The van der Waals surface area contributed by atoms with Crippen LogP contribution >= 0.6 is 0 Å². The minimum Gasteiger partial charge on any atom is -0.398 e. The van der Waals surface area contributed by atoms with Gasteiger partial charge in [0.15, 0.2) is 0 Å². The second-order valence-corrected chi connectivity index (χ2v) is 5.04. The molecule has 0 atom stereocenters. The summed E-state index contributed by atoms with van der Waals surface area (Å²) in [6, 6.07) is 10.4. The molecule has 3 aromatic rings. The van der Waals surface area contributed by atoms with Gasteiger partial charge in [0.25, 0.3) is 0 Å².